The summed E-state index contributed by atoms with van der Waals surface area (Å²) in [6.07, 6.45) is -4.72. The van der Waals surface area contributed by atoms with Crippen LogP contribution in [-0.4, -0.2) is 23.0 Å². The highest BCUT2D eigenvalue weighted by Gasteiger charge is 2.44. The summed E-state index contributed by atoms with van der Waals surface area (Å²) in [5.41, 5.74) is 1.05. The number of hydrogen-bond donors (Lipinski definition) is 1. The van der Waals surface area contributed by atoms with Gasteiger partial charge in [-0.25, -0.2) is 0 Å². The molecule has 20 heavy (non-hydrogen) atoms. The van der Waals surface area contributed by atoms with Gasteiger partial charge in [-0.05, 0) is 23.1 Å². The minimum absolute atomic E-state index is 0.0290. The summed E-state index contributed by atoms with van der Waals surface area (Å²) < 4.78 is 37.5. The minimum Gasteiger partial charge on any atom is -0.481 e. The molecule has 0 saturated heterocycles. The lowest BCUT2D eigenvalue weighted by Gasteiger charge is -2.19. The topological polar surface area (TPSA) is 37.3 Å². The van der Waals surface area contributed by atoms with Crippen LogP contribution in [0.1, 0.15) is 26.3 Å². The Kier molecular flexibility index (Phi) is 5.13. The van der Waals surface area contributed by atoms with Crippen LogP contribution in [0.15, 0.2) is 29.2 Å². The van der Waals surface area contributed by atoms with Crippen molar-refractivity contribution in [2.45, 2.75) is 37.3 Å². The summed E-state index contributed by atoms with van der Waals surface area (Å²) in [6, 6.07) is 7.15. The van der Waals surface area contributed by atoms with Crippen LogP contribution in [0.2, 0.25) is 0 Å². The number of carbonyl (C=O) groups is 1. The average molecular weight is 306 g/mol. The molecule has 1 rings (SSSR count). The molecular weight excluding hydrogens is 289 g/mol. The third-order valence-electron chi connectivity index (χ3n) is 2.83. The SMILES string of the molecule is CC(C)(C)c1ccc(SCC(C(=O)O)C(F)(F)F)cc1. The quantitative estimate of drug-likeness (QED) is 0.841. The van der Waals surface area contributed by atoms with Crippen LogP contribution in [0.25, 0.3) is 0 Å². The van der Waals surface area contributed by atoms with E-state index in [0.717, 1.165) is 17.3 Å². The second-order valence-corrected chi connectivity index (χ2v) is 6.61. The van der Waals surface area contributed by atoms with E-state index in [4.69, 9.17) is 5.11 Å². The summed E-state index contributed by atoms with van der Waals surface area (Å²) in [5.74, 6) is -4.70. The van der Waals surface area contributed by atoms with E-state index in [1.165, 1.54) is 0 Å². The first-order valence-electron chi connectivity index (χ1n) is 6.04. The molecule has 1 aromatic rings. The molecular formula is C14H17F3O2S. The Bertz CT molecular complexity index is 461. The summed E-state index contributed by atoms with van der Waals surface area (Å²) in [5, 5.41) is 8.60. The van der Waals surface area contributed by atoms with E-state index in [9.17, 15) is 18.0 Å². The van der Waals surface area contributed by atoms with Gasteiger partial charge >= 0.3 is 12.1 Å². The smallest absolute Gasteiger partial charge is 0.403 e. The molecule has 0 saturated carbocycles. The Balaban J connectivity index is 2.73. The Labute approximate surface area is 120 Å². The van der Waals surface area contributed by atoms with Crippen molar-refractivity contribution in [1.29, 1.82) is 0 Å². The Morgan fingerprint density at radius 1 is 1.20 bits per heavy atom. The number of thioether (sulfide) groups is 1. The molecule has 0 aliphatic rings. The maximum atomic E-state index is 12.5. The first kappa shape index (κ1) is 16.9. The molecule has 0 radical (unpaired) electrons. The summed E-state index contributed by atoms with van der Waals surface area (Å²) in [6.45, 7) is 6.12. The molecule has 1 aromatic carbocycles. The number of carboxylic acids is 1. The maximum absolute atomic E-state index is 12.5. The number of carboxylic acid groups (broad SMARTS) is 1. The van der Waals surface area contributed by atoms with Gasteiger partial charge in [-0.3, -0.25) is 4.79 Å². The van der Waals surface area contributed by atoms with Gasteiger partial charge in [-0.15, -0.1) is 11.8 Å². The lowest BCUT2D eigenvalue weighted by molar-refractivity contribution is -0.188. The summed E-state index contributed by atoms with van der Waals surface area (Å²) >= 11 is 0.902. The fourth-order valence-corrected chi connectivity index (χ4v) is 2.56. The molecule has 0 fully saturated rings. The predicted octanol–water partition coefficient (Wildman–Crippen LogP) is 4.34. The first-order chi connectivity index (χ1) is 9.01. The second kappa shape index (κ2) is 6.08. The molecule has 0 spiro atoms. The molecule has 1 atom stereocenters. The van der Waals surface area contributed by atoms with E-state index < -0.39 is 23.8 Å². The zero-order chi connectivity index (χ0) is 15.6. The molecule has 0 amide bonds. The van der Waals surface area contributed by atoms with E-state index >= 15 is 0 Å². The van der Waals surface area contributed by atoms with Crippen molar-refractivity contribution in [3.05, 3.63) is 29.8 Å². The highest BCUT2D eigenvalue weighted by atomic mass is 32.2. The monoisotopic (exact) mass is 306 g/mol. The molecule has 1 N–H and O–H groups in total. The van der Waals surface area contributed by atoms with Gasteiger partial charge in [0.05, 0.1) is 0 Å². The summed E-state index contributed by atoms with van der Waals surface area (Å²) in [4.78, 5) is 11.3. The van der Waals surface area contributed by atoms with E-state index in [0.29, 0.717) is 4.90 Å². The molecule has 6 heteroatoms. The van der Waals surface area contributed by atoms with Gasteiger partial charge in [0.25, 0.3) is 0 Å². The summed E-state index contributed by atoms with van der Waals surface area (Å²) in [7, 11) is 0. The molecule has 0 bridgehead atoms. The number of hydrogen-bond acceptors (Lipinski definition) is 2. The van der Waals surface area contributed by atoms with Crippen LogP contribution in [0.3, 0.4) is 0 Å². The number of benzene rings is 1. The standard InChI is InChI=1S/C14H17F3O2S/c1-13(2,3)9-4-6-10(7-5-9)20-8-11(12(18)19)14(15,16)17/h4-7,11H,8H2,1-3H3,(H,18,19). The highest BCUT2D eigenvalue weighted by Crippen LogP contribution is 2.32. The first-order valence-corrected chi connectivity index (χ1v) is 7.03. The Morgan fingerprint density at radius 3 is 2.05 bits per heavy atom. The van der Waals surface area contributed by atoms with Crippen LogP contribution in [0.5, 0.6) is 0 Å². The molecule has 0 aliphatic carbocycles. The van der Waals surface area contributed by atoms with Gasteiger partial charge in [0.1, 0.15) is 0 Å². The number of aliphatic carboxylic acids is 1. The van der Waals surface area contributed by atoms with Gasteiger partial charge in [0.15, 0.2) is 5.92 Å². The maximum Gasteiger partial charge on any atom is 0.403 e. The third kappa shape index (κ3) is 4.74. The van der Waals surface area contributed by atoms with Gasteiger partial charge in [-0.1, -0.05) is 32.9 Å². The van der Waals surface area contributed by atoms with Crippen molar-refractivity contribution in [3.63, 3.8) is 0 Å². The van der Waals surface area contributed by atoms with Crippen LogP contribution in [0.4, 0.5) is 13.2 Å². The molecule has 0 heterocycles. The predicted molar refractivity (Wildman–Crippen MR) is 73.0 cm³/mol. The largest absolute Gasteiger partial charge is 0.481 e. The number of halogens is 3. The van der Waals surface area contributed by atoms with Crippen LogP contribution in [-0.2, 0) is 10.2 Å². The highest BCUT2D eigenvalue weighted by molar-refractivity contribution is 7.99. The van der Waals surface area contributed by atoms with Crippen molar-refractivity contribution in [3.8, 4) is 0 Å². The van der Waals surface area contributed by atoms with Gasteiger partial charge in [-0.2, -0.15) is 13.2 Å². The van der Waals surface area contributed by atoms with Crippen molar-refractivity contribution >= 4 is 17.7 Å². The molecule has 0 aliphatic heterocycles. The fourth-order valence-electron chi connectivity index (χ4n) is 1.54. The van der Waals surface area contributed by atoms with E-state index in [1.807, 2.05) is 32.9 Å². The number of alkyl halides is 3. The third-order valence-corrected chi connectivity index (χ3v) is 3.94. The molecule has 112 valence electrons. The van der Waals surface area contributed by atoms with Crippen LogP contribution < -0.4 is 0 Å². The van der Waals surface area contributed by atoms with Crippen molar-refractivity contribution < 1.29 is 23.1 Å². The van der Waals surface area contributed by atoms with E-state index in [1.54, 1.807) is 12.1 Å². The van der Waals surface area contributed by atoms with Crippen LogP contribution in [0, 0.1) is 5.92 Å². The molecule has 2 nitrogen and oxygen atoms in total. The second-order valence-electron chi connectivity index (χ2n) is 5.52. The zero-order valence-electron chi connectivity index (χ0n) is 11.5. The average Bonchev–Trinajstić information content (AvgIpc) is 2.26. The lowest BCUT2D eigenvalue weighted by atomic mass is 9.87. The van der Waals surface area contributed by atoms with E-state index in [2.05, 4.69) is 0 Å². The fraction of sp³-hybridized carbons (Fsp3) is 0.500. The van der Waals surface area contributed by atoms with Gasteiger partial charge in [0, 0.05) is 10.6 Å². The van der Waals surface area contributed by atoms with Crippen molar-refractivity contribution in [1.82, 2.24) is 0 Å². The van der Waals surface area contributed by atoms with E-state index in [-0.39, 0.29) is 5.41 Å². The van der Waals surface area contributed by atoms with Crippen molar-refractivity contribution in [2.24, 2.45) is 5.92 Å². The van der Waals surface area contributed by atoms with Crippen LogP contribution >= 0.6 is 11.8 Å². The van der Waals surface area contributed by atoms with Gasteiger partial charge in [0.2, 0.25) is 0 Å². The van der Waals surface area contributed by atoms with Crippen molar-refractivity contribution in [2.75, 3.05) is 5.75 Å². The molecule has 1 unspecified atom stereocenters. The number of rotatable bonds is 4. The Morgan fingerprint density at radius 2 is 1.70 bits per heavy atom. The zero-order valence-corrected chi connectivity index (χ0v) is 12.3. The lowest BCUT2D eigenvalue weighted by Crippen LogP contribution is -2.32. The molecule has 0 aromatic heterocycles. The normalized spacial score (nSPS) is 14.1. The Hall–Kier alpha value is -1.17. The van der Waals surface area contributed by atoms with Gasteiger partial charge < -0.3 is 5.11 Å². The minimum atomic E-state index is -4.72.